The molecule has 336 valence electrons. The summed E-state index contributed by atoms with van der Waals surface area (Å²) >= 11 is 7.21. The minimum atomic E-state index is -0.115. The molecule has 0 spiro atoms. The number of unbranched alkanes of at least 4 members (excludes halogenated alkanes) is 10. The van der Waals surface area contributed by atoms with Gasteiger partial charge in [-0.1, -0.05) is 120 Å². The monoisotopic (exact) mass is 916 g/mol. The molecule has 3 aliphatic carbocycles. The minimum Gasteiger partial charge on any atom is -0.485 e. The van der Waals surface area contributed by atoms with Crippen molar-refractivity contribution in [1.82, 2.24) is 0 Å². The number of fused-ring (bicyclic) bond motifs is 8. The van der Waals surface area contributed by atoms with Crippen LogP contribution in [0.15, 0.2) is 0 Å². The van der Waals surface area contributed by atoms with Crippen molar-refractivity contribution < 1.29 is 28.5 Å². The van der Waals surface area contributed by atoms with Crippen LogP contribution in [0, 0.1) is 11.8 Å². The molecule has 10 heteroatoms. The molecule has 4 atom stereocenters. The van der Waals surface area contributed by atoms with Crippen molar-refractivity contribution in [3.8, 4) is 42.5 Å². The van der Waals surface area contributed by atoms with Crippen molar-refractivity contribution in [3.05, 3.63) is 41.8 Å². The number of ether oxygens (including phenoxy) is 4. The van der Waals surface area contributed by atoms with Crippen LogP contribution in [0.2, 0.25) is 0 Å². The molecule has 4 aromatic rings. The Morgan fingerprint density at radius 1 is 0.452 bits per heavy atom. The first-order valence-corrected chi connectivity index (χ1v) is 27.4. The summed E-state index contributed by atoms with van der Waals surface area (Å²) in [5.41, 5.74) is 4.45. The SMILES string of the molecule is CCCCCCCCc1c(-c2sc(-c3sc(C(C)(C)C)c4c3OCCO4)c3c2OCCO3)sc2c1C(=O)C1CC3c4sc(C(C)(C)C)c(CCCCCCCC)c4C(=O)C3CC21. The summed E-state index contributed by atoms with van der Waals surface area (Å²) in [7, 11) is 0. The van der Waals surface area contributed by atoms with Gasteiger partial charge < -0.3 is 18.9 Å². The molecular formula is C52H68O6S4. The number of thiophene rings is 4. The van der Waals surface area contributed by atoms with E-state index in [0.29, 0.717) is 38.0 Å². The van der Waals surface area contributed by atoms with Crippen molar-refractivity contribution in [2.24, 2.45) is 11.8 Å². The molecule has 0 saturated heterocycles. The van der Waals surface area contributed by atoms with Crippen LogP contribution in [-0.2, 0) is 23.7 Å². The van der Waals surface area contributed by atoms with Crippen LogP contribution in [0.1, 0.15) is 208 Å². The Morgan fingerprint density at radius 3 is 1.40 bits per heavy atom. The molecule has 6 heterocycles. The molecule has 0 N–H and O–H groups in total. The maximum Gasteiger partial charge on any atom is 0.181 e. The number of carbonyl (C=O) groups excluding carboxylic acids is 2. The molecule has 2 aliphatic heterocycles. The third-order valence-corrected chi connectivity index (χ3v) is 20.2. The van der Waals surface area contributed by atoms with Gasteiger partial charge in [0.05, 0.1) is 24.4 Å². The Morgan fingerprint density at radius 2 is 0.871 bits per heavy atom. The van der Waals surface area contributed by atoms with Gasteiger partial charge in [0.25, 0.3) is 0 Å². The van der Waals surface area contributed by atoms with Gasteiger partial charge in [-0.05, 0) is 55.1 Å². The summed E-state index contributed by atoms with van der Waals surface area (Å²) in [6.45, 7) is 20.2. The normalized spacial score (nSPS) is 21.4. The number of hydrogen-bond donors (Lipinski definition) is 0. The van der Waals surface area contributed by atoms with Gasteiger partial charge in [-0.2, -0.15) is 0 Å². The number of ketones is 2. The molecule has 0 amide bonds. The average molecular weight is 917 g/mol. The zero-order valence-corrected chi connectivity index (χ0v) is 41.8. The third-order valence-electron chi connectivity index (χ3n) is 14.0. The van der Waals surface area contributed by atoms with Crippen LogP contribution in [0.25, 0.3) is 19.5 Å². The molecule has 9 rings (SSSR count). The van der Waals surface area contributed by atoms with E-state index in [1.54, 1.807) is 22.7 Å². The number of hydrogen-bond acceptors (Lipinski definition) is 10. The van der Waals surface area contributed by atoms with Gasteiger partial charge in [0.15, 0.2) is 34.6 Å². The van der Waals surface area contributed by atoms with Crippen LogP contribution in [0.3, 0.4) is 0 Å². The van der Waals surface area contributed by atoms with Crippen molar-refractivity contribution in [2.75, 3.05) is 26.4 Å². The van der Waals surface area contributed by atoms with E-state index in [9.17, 15) is 4.79 Å². The Kier molecular flexibility index (Phi) is 12.9. The molecule has 6 nitrogen and oxygen atoms in total. The maximum absolute atomic E-state index is 15.1. The first-order valence-electron chi connectivity index (χ1n) is 24.1. The first kappa shape index (κ1) is 44.5. The quantitative estimate of drug-likeness (QED) is 0.104. The van der Waals surface area contributed by atoms with E-state index < -0.39 is 0 Å². The van der Waals surface area contributed by atoms with E-state index in [4.69, 9.17) is 18.9 Å². The fourth-order valence-electron chi connectivity index (χ4n) is 11.0. The van der Waals surface area contributed by atoms with Crippen LogP contribution in [-0.4, -0.2) is 38.0 Å². The smallest absolute Gasteiger partial charge is 0.181 e. The van der Waals surface area contributed by atoms with Gasteiger partial charge >= 0.3 is 0 Å². The molecule has 4 unspecified atom stereocenters. The zero-order chi connectivity index (χ0) is 43.5. The third kappa shape index (κ3) is 7.95. The molecule has 0 aromatic carbocycles. The highest BCUT2D eigenvalue weighted by atomic mass is 32.1. The summed E-state index contributed by atoms with van der Waals surface area (Å²) in [5, 5.41) is 0. The fraction of sp³-hybridized carbons (Fsp3) is 0.654. The summed E-state index contributed by atoms with van der Waals surface area (Å²) in [6.07, 6.45) is 18.1. The lowest BCUT2D eigenvalue weighted by molar-refractivity contribution is 0.0789. The highest BCUT2D eigenvalue weighted by Crippen LogP contribution is 2.65. The number of Topliss-reactive ketones (excluding diaryl/α,β-unsaturated/α-hetero) is 2. The summed E-state index contributed by atoms with van der Waals surface area (Å²) in [6, 6.07) is 0. The molecule has 4 aromatic heterocycles. The Bertz CT molecular complexity index is 2300. The molecule has 1 fully saturated rings. The highest BCUT2D eigenvalue weighted by Gasteiger charge is 2.56. The van der Waals surface area contributed by atoms with Crippen molar-refractivity contribution in [1.29, 1.82) is 0 Å². The summed E-state index contributed by atoms with van der Waals surface area (Å²) < 4.78 is 25.8. The highest BCUT2D eigenvalue weighted by molar-refractivity contribution is 7.27. The Balaban J connectivity index is 1.08. The van der Waals surface area contributed by atoms with Crippen molar-refractivity contribution in [2.45, 2.75) is 181 Å². The number of rotatable bonds is 16. The predicted molar refractivity (Wildman–Crippen MR) is 259 cm³/mol. The molecule has 1 saturated carbocycles. The lowest BCUT2D eigenvalue weighted by Gasteiger charge is -2.33. The van der Waals surface area contributed by atoms with Gasteiger partial charge in [0.2, 0.25) is 0 Å². The lowest BCUT2D eigenvalue weighted by atomic mass is 9.70. The van der Waals surface area contributed by atoms with E-state index in [1.807, 2.05) is 22.7 Å². The van der Waals surface area contributed by atoms with Crippen LogP contribution in [0.5, 0.6) is 23.0 Å². The Labute approximate surface area is 386 Å². The van der Waals surface area contributed by atoms with Crippen LogP contribution in [0.4, 0.5) is 0 Å². The van der Waals surface area contributed by atoms with Gasteiger partial charge in [0, 0.05) is 54.8 Å². The molecule has 0 bridgehead atoms. The second kappa shape index (κ2) is 18.0. The van der Waals surface area contributed by atoms with Gasteiger partial charge in [-0.15, -0.1) is 45.3 Å². The maximum atomic E-state index is 15.1. The fourth-order valence-corrected chi connectivity index (χ4v) is 16.9. The standard InChI is InChI=1S/C52H68O6S4/c1-9-11-13-15-17-19-21-29-35-37(53)31-28-34-32(38(54)36-30(22-20-18-16-14-12-10-2)49(51(3,4)5)61-44(34)36)27-33(31)43(35)59-45(29)46-39-40(56-24-23-55-39)47(60-46)48-41-42(58-26-25-57-41)50(62-48)52(6,7)8/h31-34H,9-28H2,1-8H3. The van der Waals surface area contributed by atoms with E-state index in [2.05, 4.69) is 55.4 Å². The Hall–Kier alpha value is -2.66. The largest absolute Gasteiger partial charge is 0.485 e. The van der Waals surface area contributed by atoms with Crippen LogP contribution < -0.4 is 18.9 Å². The van der Waals surface area contributed by atoms with E-state index >= 15 is 4.79 Å². The van der Waals surface area contributed by atoms with Gasteiger partial charge in [0.1, 0.15) is 26.4 Å². The first-order chi connectivity index (χ1) is 29.8. The second-order valence-electron chi connectivity index (χ2n) is 20.7. The molecule has 0 radical (unpaired) electrons. The van der Waals surface area contributed by atoms with Gasteiger partial charge in [-0.3, -0.25) is 9.59 Å². The van der Waals surface area contributed by atoms with E-state index in [0.717, 1.165) is 93.7 Å². The summed E-state index contributed by atoms with van der Waals surface area (Å²) in [4.78, 5) is 39.4. The average Bonchev–Trinajstić information content (AvgIpc) is 4.08. The topological polar surface area (TPSA) is 71.1 Å². The minimum absolute atomic E-state index is 0.0111. The molecule has 62 heavy (non-hydrogen) atoms. The van der Waals surface area contributed by atoms with Crippen molar-refractivity contribution >= 4 is 56.9 Å². The van der Waals surface area contributed by atoms with Crippen LogP contribution >= 0.6 is 45.3 Å². The molecule has 5 aliphatic rings. The lowest BCUT2D eigenvalue weighted by Crippen LogP contribution is -2.30. The molecular weight excluding hydrogens is 849 g/mol. The van der Waals surface area contributed by atoms with Gasteiger partial charge in [-0.25, -0.2) is 0 Å². The summed E-state index contributed by atoms with van der Waals surface area (Å²) in [5.74, 6) is 4.07. The second-order valence-corrected chi connectivity index (χ2v) is 24.8. The predicted octanol–water partition coefficient (Wildman–Crippen LogP) is 15.5. The van der Waals surface area contributed by atoms with Crippen molar-refractivity contribution in [3.63, 3.8) is 0 Å². The van der Waals surface area contributed by atoms with E-state index in [-0.39, 0.29) is 34.5 Å². The number of carbonyl (C=O) groups is 2. The zero-order valence-electron chi connectivity index (χ0n) is 38.5. The van der Waals surface area contributed by atoms with E-state index in [1.165, 1.54) is 93.3 Å².